The van der Waals surface area contributed by atoms with Crippen molar-refractivity contribution in [1.29, 1.82) is 0 Å². The number of rotatable bonds is 5. The van der Waals surface area contributed by atoms with E-state index < -0.39 is 5.82 Å². The molecule has 0 aromatic heterocycles. The molecule has 1 aliphatic rings. The van der Waals surface area contributed by atoms with E-state index in [1.807, 2.05) is 18.2 Å². The summed E-state index contributed by atoms with van der Waals surface area (Å²) in [5, 5.41) is 2.56. The van der Waals surface area contributed by atoms with Gasteiger partial charge in [0.05, 0.1) is 11.4 Å². The Balaban J connectivity index is 1.49. The Morgan fingerprint density at radius 3 is 2.86 bits per heavy atom. The number of amides is 1. The second kappa shape index (κ2) is 6.70. The van der Waals surface area contributed by atoms with Crippen LogP contribution in [0.25, 0.3) is 0 Å². The highest BCUT2D eigenvalue weighted by molar-refractivity contribution is 7.99. The predicted molar refractivity (Wildman–Crippen MR) is 83.8 cm³/mol. The zero-order valence-corrected chi connectivity index (χ0v) is 12.5. The van der Waals surface area contributed by atoms with Crippen LogP contribution >= 0.6 is 11.8 Å². The number of para-hydroxylation sites is 1. The summed E-state index contributed by atoms with van der Waals surface area (Å²) >= 11 is 1.45. The molecule has 114 valence electrons. The van der Waals surface area contributed by atoms with Crippen LogP contribution in [0, 0.1) is 5.82 Å². The quantitative estimate of drug-likeness (QED) is 0.917. The number of halogens is 1. The number of nitrogens with one attached hydrogen (secondary N) is 1. The van der Waals surface area contributed by atoms with Crippen molar-refractivity contribution >= 4 is 23.4 Å². The van der Waals surface area contributed by atoms with Gasteiger partial charge in [-0.05, 0) is 29.8 Å². The van der Waals surface area contributed by atoms with Gasteiger partial charge < -0.3 is 14.8 Å². The molecule has 0 bridgehead atoms. The molecule has 0 radical (unpaired) electrons. The molecule has 2 aromatic carbocycles. The predicted octanol–water partition coefficient (Wildman–Crippen LogP) is 3.43. The molecule has 22 heavy (non-hydrogen) atoms. The van der Waals surface area contributed by atoms with Crippen LogP contribution in [0.1, 0.15) is 5.56 Å². The first kappa shape index (κ1) is 14.7. The molecule has 1 aliphatic heterocycles. The third-order valence-corrected chi connectivity index (χ3v) is 4.09. The summed E-state index contributed by atoms with van der Waals surface area (Å²) < 4.78 is 24.0. The summed E-state index contributed by atoms with van der Waals surface area (Å²) in [7, 11) is 0. The Bertz CT molecular complexity index is 693. The van der Waals surface area contributed by atoms with Gasteiger partial charge in [-0.15, -0.1) is 11.8 Å². The van der Waals surface area contributed by atoms with E-state index in [-0.39, 0.29) is 24.1 Å². The molecular formula is C16H14FNO3S. The Hall–Kier alpha value is -2.21. The van der Waals surface area contributed by atoms with Crippen LogP contribution in [0.15, 0.2) is 42.5 Å². The van der Waals surface area contributed by atoms with E-state index in [1.165, 1.54) is 23.9 Å². The molecule has 3 rings (SSSR count). The topological polar surface area (TPSA) is 47.6 Å². The van der Waals surface area contributed by atoms with Gasteiger partial charge in [0.15, 0.2) is 11.5 Å². The maximum atomic E-state index is 13.4. The zero-order chi connectivity index (χ0) is 15.4. The van der Waals surface area contributed by atoms with E-state index >= 15 is 0 Å². The van der Waals surface area contributed by atoms with E-state index in [9.17, 15) is 9.18 Å². The second-order valence-corrected chi connectivity index (χ2v) is 5.69. The van der Waals surface area contributed by atoms with Gasteiger partial charge in [-0.3, -0.25) is 4.79 Å². The minimum atomic E-state index is -0.434. The number of hydrogen-bond acceptors (Lipinski definition) is 4. The van der Waals surface area contributed by atoms with Crippen LogP contribution in [-0.2, 0) is 10.5 Å². The first-order valence-corrected chi connectivity index (χ1v) is 7.88. The molecule has 6 heteroatoms. The molecule has 4 nitrogen and oxygen atoms in total. The summed E-state index contributed by atoms with van der Waals surface area (Å²) in [6.07, 6.45) is 0. The van der Waals surface area contributed by atoms with Crippen molar-refractivity contribution in [2.45, 2.75) is 5.75 Å². The Morgan fingerprint density at radius 2 is 2.00 bits per heavy atom. The van der Waals surface area contributed by atoms with Crippen LogP contribution < -0.4 is 14.8 Å². The van der Waals surface area contributed by atoms with E-state index in [0.29, 0.717) is 5.75 Å². The Labute approximate surface area is 131 Å². The summed E-state index contributed by atoms with van der Waals surface area (Å²) in [4.78, 5) is 11.8. The SMILES string of the molecule is O=C(CSCc1ccc2c(c1)OCO2)Nc1ccccc1F. The van der Waals surface area contributed by atoms with Crippen molar-refractivity contribution in [3.05, 3.63) is 53.8 Å². The van der Waals surface area contributed by atoms with Gasteiger partial charge in [0, 0.05) is 5.75 Å². The average molecular weight is 319 g/mol. The molecule has 1 N–H and O–H groups in total. The maximum Gasteiger partial charge on any atom is 0.234 e. The van der Waals surface area contributed by atoms with Crippen molar-refractivity contribution in [1.82, 2.24) is 0 Å². The summed E-state index contributed by atoms with van der Waals surface area (Å²) in [5.41, 5.74) is 1.25. The first-order chi connectivity index (χ1) is 10.7. The smallest absolute Gasteiger partial charge is 0.234 e. The lowest BCUT2D eigenvalue weighted by atomic mass is 10.2. The molecule has 0 aliphatic carbocycles. The molecule has 0 unspecified atom stereocenters. The number of ether oxygens (including phenoxy) is 2. The summed E-state index contributed by atoms with van der Waals surface area (Å²) in [6.45, 7) is 0.247. The van der Waals surface area contributed by atoms with Crippen molar-refractivity contribution < 1.29 is 18.7 Å². The van der Waals surface area contributed by atoms with Gasteiger partial charge in [-0.1, -0.05) is 18.2 Å². The van der Waals surface area contributed by atoms with Crippen molar-refractivity contribution in [2.24, 2.45) is 0 Å². The fourth-order valence-corrected chi connectivity index (χ4v) is 2.82. The molecule has 1 amide bonds. The molecule has 0 atom stereocenters. The molecular weight excluding hydrogens is 305 g/mol. The summed E-state index contributed by atoms with van der Waals surface area (Å²) in [5.74, 6) is 1.73. The highest BCUT2D eigenvalue weighted by atomic mass is 32.2. The number of hydrogen-bond donors (Lipinski definition) is 1. The lowest BCUT2D eigenvalue weighted by Gasteiger charge is -2.06. The molecule has 1 heterocycles. The van der Waals surface area contributed by atoms with Gasteiger partial charge in [0.2, 0.25) is 12.7 Å². The maximum absolute atomic E-state index is 13.4. The molecule has 0 saturated carbocycles. The van der Waals surface area contributed by atoms with E-state index in [2.05, 4.69) is 5.32 Å². The van der Waals surface area contributed by atoms with Gasteiger partial charge in [0.1, 0.15) is 5.82 Å². The normalized spacial score (nSPS) is 12.2. The average Bonchev–Trinajstić information content (AvgIpc) is 2.97. The number of carbonyl (C=O) groups excluding carboxylic acids is 1. The molecule has 0 saturated heterocycles. The molecule has 0 fully saturated rings. The van der Waals surface area contributed by atoms with E-state index in [4.69, 9.17) is 9.47 Å². The number of carbonyl (C=O) groups is 1. The lowest BCUT2D eigenvalue weighted by molar-refractivity contribution is -0.113. The van der Waals surface area contributed by atoms with Crippen LogP contribution in [-0.4, -0.2) is 18.5 Å². The van der Waals surface area contributed by atoms with Crippen LogP contribution in [0.4, 0.5) is 10.1 Å². The number of fused-ring (bicyclic) bond motifs is 1. The number of thioether (sulfide) groups is 1. The van der Waals surface area contributed by atoms with Gasteiger partial charge >= 0.3 is 0 Å². The second-order valence-electron chi connectivity index (χ2n) is 4.71. The first-order valence-electron chi connectivity index (χ1n) is 6.73. The van der Waals surface area contributed by atoms with Gasteiger partial charge in [-0.25, -0.2) is 4.39 Å². The summed E-state index contributed by atoms with van der Waals surface area (Å²) in [6, 6.07) is 11.8. The third kappa shape index (κ3) is 3.51. The fraction of sp³-hybridized carbons (Fsp3) is 0.188. The van der Waals surface area contributed by atoms with Gasteiger partial charge in [0.25, 0.3) is 0 Å². The van der Waals surface area contributed by atoms with Crippen LogP contribution in [0.3, 0.4) is 0 Å². The van der Waals surface area contributed by atoms with Crippen molar-refractivity contribution in [3.63, 3.8) is 0 Å². The Morgan fingerprint density at radius 1 is 1.18 bits per heavy atom. The zero-order valence-electron chi connectivity index (χ0n) is 11.7. The van der Waals surface area contributed by atoms with Gasteiger partial charge in [-0.2, -0.15) is 0 Å². The van der Waals surface area contributed by atoms with E-state index in [0.717, 1.165) is 17.1 Å². The monoisotopic (exact) mass is 319 g/mol. The lowest BCUT2D eigenvalue weighted by Crippen LogP contribution is -2.15. The fourth-order valence-electron chi connectivity index (χ4n) is 2.04. The number of benzene rings is 2. The minimum Gasteiger partial charge on any atom is -0.454 e. The third-order valence-electron chi connectivity index (χ3n) is 3.09. The molecule has 0 spiro atoms. The van der Waals surface area contributed by atoms with E-state index in [1.54, 1.807) is 12.1 Å². The standard InChI is InChI=1S/C16H14FNO3S/c17-12-3-1-2-4-13(12)18-16(19)9-22-8-11-5-6-14-15(7-11)21-10-20-14/h1-7H,8-10H2,(H,18,19). The highest BCUT2D eigenvalue weighted by Gasteiger charge is 2.13. The Kier molecular flexibility index (Phi) is 4.48. The minimum absolute atomic E-state index is 0.205. The molecule has 2 aromatic rings. The largest absolute Gasteiger partial charge is 0.454 e. The van der Waals surface area contributed by atoms with Crippen LogP contribution in [0.5, 0.6) is 11.5 Å². The highest BCUT2D eigenvalue weighted by Crippen LogP contribution is 2.33. The van der Waals surface area contributed by atoms with Crippen molar-refractivity contribution in [3.8, 4) is 11.5 Å². The van der Waals surface area contributed by atoms with Crippen LogP contribution in [0.2, 0.25) is 0 Å². The van der Waals surface area contributed by atoms with Crippen molar-refractivity contribution in [2.75, 3.05) is 17.9 Å². The number of anilines is 1.